The molecule has 0 aliphatic carbocycles. The van der Waals surface area contributed by atoms with E-state index in [1.165, 1.54) is 7.11 Å². The fourth-order valence-corrected chi connectivity index (χ4v) is 3.03. The maximum Gasteiger partial charge on any atom is 0.331 e. The van der Waals surface area contributed by atoms with E-state index in [2.05, 4.69) is 15.5 Å². The number of nitrogens with one attached hydrogen (secondary N) is 1. The van der Waals surface area contributed by atoms with Crippen molar-refractivity contribution in [3.63, 3.8) is 0 Å². The molecule has 1 amide bonds. The quantitative estimate of drug-likeness (QED) is 0.735. The molecule has 0 radical (unpaired) electrons. The molecule has 0 aliphatic heterocycles. The van der Waals surface area contributed by atoms with E-state index in [0.29, 0.717) is 24.6 Å². The Kier molecular flexibility index (Phi) is 6.08. The molecule has 0 aliphatic rings. The Labute approximate surface area is 144 Å². The molecule has 2 aromatic rings. The number of rotatable bonds is 8. The molecule has 1 N–H and O–H groups in total. The molecule has 0 spiro atoms. The number of thiophene rings is 1. The molecule has 2 rings (SSSR count). The van der Waals surface area contributed by atoms with Crippen molar-refractivity contribution in [1.29, 1.82) is 0 Å². The Morgan fingerprint density at radius 2 is 2.25 bits per heavy atom. The third-order valence-corrected chi connectivity index (χ3v) is 4.30. The smallest absolute Gasteiger partial charge is 0.331 e. The zero-order valence-electron chi connectivity index (χ0n) is 14.0. The van der Waals surface area contributed by atoms with Crippen LogP contribution in [0.4, 0.5) is 0 Å². The van der Waals surface area contributed by atoms with Crippen molar-refractivity contribution in [3.05, 3.63) is 22.7 Å². The summed E-state index contributed by atoms with van der Waals surface area (Å²) in [6.45, 7) is 3.61. The van der Waals surface area contributed by atoms with Gasteiger partial charge in [-0.15, -0.1) is 0 Å². The number of esters is 1. The third-order valence-electron chi connectivity index (χ3n) is 3.61. The van der Waals surface area contributed by atoms with Gasteiger partial charge in [0, 0.05) is 23.8 Å². The lowest BCUT2D eigenvalue weighted by molar-refractivity contribution is -0.150. The second-order valence-corrected chi connectivity index (χ2v) is 6.43. The molecule has 0 saturated heterocycles. The van der Waals surface area contributed by atoms with Crippen LogP contribution in [0.1, 0.15) is 39.0 Å². The molecule has 1 atom stereocenters. The lowest BCUT2D eigenvalue weighted by Gasteiger charge is -2.27. The highest BCUT2D eigenvalue weighted by atomic mass is 32.1. The van der Waals surface area contributed by atoms with E-state index >= 15 is 0 Å². The van der Waals surface area contributed by atoms with Gasteiger partial charge in [0.25, 0.3) is 0 Å². The van der Waals surface area contributed by atoms with Crippen LogP contribution in [0.5, 0.6) is 0 Å². The highest BCUT2D eigenvalue weighted by Gasteiger charge is 2.34. The number of nitrogens with zero attached hydrogens (tertiary/aromatic N) is 2. The van der Waals surface area contributed by atoms with Crippen molar-refractivity contribution >= 4 is 23.2 Å². The monoisotopic (exact) mass is 351 g/mol. The van der Waals surface area contributed by atoms with Gasteiger partial charge in [0.15, 0.2) is 0 Å². The number of amides is 1. The van der Waals surface area contributed by atoms with E-state index in [1.807, 2.05) is 23.8 Å². The molecule has 0 bridgehead atoms. The summed E-state index contributed by atoms with van der Waals surface area (Å²) in [7, 11) is 1.31. The minimum atomic E-state index is -1.02. The van der Waals surface area contributed by atoms with Crippen LogP contribution in [0.15, 0.2) is 21.3 Å². The summed E-state index contributed by atoms with van der Waals surface area (Å²) in [6.07, 6.45) is 1.72. The van der Waals surface area contributed by atoms with Crippen LogP contribution in [0.3, 0.4) is 0 Å². The van der Waals surface area contributed by atoms with Crippen LogP contribution in [0.25, 0.3) is 11.4 Å². The summed E-state index contributed by atoms with van der Waals surface area (Å²) in [5.41, 5.74) is -0.127. The number of hydrogen-bond acceptors (Lipinski definition) is 7. The summed E-state index contributed by atoms with van der Waals surface area (Å²) >= 11 is 1.55. The lowest BCUT2D eigenvalue weighted by Crippen LogP contribution is -2.52. The van der Waals surface area contributed by atoms with Gasteiger partial charge < -0.3 is 14.6 Å². The topological polar surface area (TPSA) is 94.3 Å². The summed E-state index contributed by atoms with van der Waals surface area (Å²) in [4.78, 5) is 28.3. The molecule has 24 heavy (non-hydrogen) atoms. The zero-order chi connectivity index (χ0) is 17.6. The summed E-state index contributed by atoms with van der Waals surface area (Å²) in [5, 5.41) is 10.5. The van der Waals surface area contributed by atoms with Crippen molar-refractivity contribution in [2.24, 2.45) is 0 Å². The highest BCUT2D eigenvalue weighted by molar-refractivity contribution is 7.08. The van der Waals surface area contributed by atoms with Gasteiger partial charge in [0.1, 0.15) is 5.54 Å². The molecule has 8 heteroatoms. The number of aryl methyl sites for hydroxylation is 1. The molecule has 0 aromatic carbocycles. The van der Waals surface area contributed by atoms with Crippen LogP contribution >= 0.6 is 11.3 Å². The van der Waals surface area contributed by atoms with E-state index in [9.17, 15) is 9.59 Å². The Morgan fingerprint density at radius 3 is 2.88 bits per heavy atom. The van der Waals surface area contributed by atoms with Gasteiger partial charge in [0.05, 0.1) is 7.11 Å². The Hall–Kier alpha value is -2.22. The lowest BCUT2D eigenvalue weighted by atomic mass is 9.96. The number of ether oxygens (including phenoxy) is 1. The van der Waals surface area contributed by atoms with Crippen molar-refractivity contribution in [2.75, 3.05) is 7.11 Å². The summed E-state index contributed by atoms with van der Waals surface area (Å²) in [5.74, 6) is 0.195. The van der Waals surface area contributed by atoms with Gasteiger partial charge in [-0.05, 0) is 24.8 Å². The van der Waals surface area contributed by atoms with Crippen LogP contribution in [0.2, 0.25) is 0 Å². The first-order valence-electron chi connectivity index (χ1n) is 7.73. The van der Waals surface area contributed by atoms with E-state index < -0.39 is 11.5 Å². The predicted octanol–water partition coefficient (Wildman–Crippen LogP) is 2.58. The van der Waals surface area contributed by atoms with Gasteiger partial charge in [-0.25, -0.2) is 4.79 Å². The van der Waals surface area contributed by atoms with Gasteiger partial charge in [-0.3, -0.25) is 4.79 Å². The van der Waals surface area contributed by atoms with E-state index in [4.69, 9.17) is 9.26 Å². The van der Waals surface area contributed by atoms with Crippen molar-refractivity contribution in [1.82, 2.24) is 15.5 Å². The van der Waals surface area contributed by atoms with E-state index in [1.54, 1.807) is 18.3 Å². The maximum absolute atomic E-state index is 12.2. The van der Waals surface area contributed by atoms with Crippen molar-refractivity contribution in [2.45, 2.75) is 45.1 Å². The number of carbonyl (C=O) groups excluding carboxylic acids is 2. The standard InChI is InChI=1S/C16H21N3O4S/c1-4-8-16(2,15(21)22-3)18-12(20)5-6-13-17-14(19-23-13)11-7-9-24-10-11/h7,9-10H,4-6,8H2,1-3H3,(H,18,20). The fraction of sp³-hybridized carbons (Fsp3) is 0.500. The summed E-state index contributed by atoms with van der Waals surface area (Å²) < 4.78 is 9.94. The number of hydrogen-bond donors (Lipinski definition) is 1. The summed E-state index contributed by atoms with van der Waals surface area (Å²) in [6, 6.07) is 1.90. The maximum atomic E-state index is 12.2. The Bertz CT molecular complexity index is 683. The SMILES string of the molecule is CCCC(C)(NC(=O)CCc1nc(-c2ccsc2)no1)C(=O)OC. The fourth-order valence-electron chi connectivity index (χ4n) is 2.40. The van der Waals surface area contributed by atoms with E-state index in [0.717, 1.165) is 12.0 Å². The van der Waals surface area contributed by atoms with E-state index in [-0.39, 0.29) is 12.3 Å². The molecule has 0 saturated carbocycles. The van der Waals surface area contributed by atoms with Crippen LogP contribution in [0, 0.1) is 0 Å². The van der Waals surface area contributed by atoms with Crippen molar-refractivity contribution in [3.8, 4) is 11.4 Å². The van der Waals surface area contributed by atoms with Crippen LogP contribution in [-0.2, 0) is 20.7 Å². The molecular formula is C16H21N3O4S. The number of carbonyl (C=O) groups is 2. The van der Waals surface area contributed by atoms with Gasteiger partial charge in [0.2, 0.25) is 17.6 Å². The molecule has 2 aromatic heterocycles. The first-order chi connectivity index (χ1) is 11.5. The minimum Gasteiger partial charge on any atom is -0.467 e. The van der Waals surface area contributed by atoms with Crippen LogP contribution in [-0.4, -0.2) is 34.7 Å². The molecule has 2 heterocycles. The normalized spacial score (nSPS) is 13.3. The van der Waals surface area contributed by atoms with Gasteiger partial charge in [-0.1, -0.05) is 18.5 Å². The highest BCUT2D eigenvalue weighted by Crippen LogP contribution is 2.19. The molecule has 0 fully saturated rings. The zero-order valence-corrected chi connectivity index (χ0v) is 14.8. The predicted molar refractivity (Wildman–Crippen MR) is 89.4 cm³/mol. The van der Waals surface area contributed by atoms with Crippen LogP contribution < -0.4 is 5.32 Å². The number of methoxy groups -OCH3 is 1. The minimum absolute atomic E-state index is 0.154. The first-order valence-corrected chi connectivity index (χ1v) is 8.67. The average molecular weight is 351 g/mol. The van der Waals surface area contributed by atoms with Crippen molar-refractivity contribution < 1.29 is 18.8 Å². The molecule has 130 valence electrons. The molecular weight excluding hydrogens is 330 g/mol. The molecule has 1 unspecified atom stereocenters. The third kappa shape index (κ3) is 4.41. The number of aromatic nitrogens is 2. The molecule has 7 nitrogen and oxygen atoms in total. The first kappa shape index (κ1) is 18.1. The Morgan fingerprint density at radius 1 is 1.46 bits per heavy atom. The second kappa shape index (κ2) is 8.05. The van der Waals surface area contributed by atoms with Gasteiger partial charge >= 0.3 is 5.97 Å². The largest absolute Gasteiger partial charge is 0.467 e. The average Bonchev–Trinajstić information content (AvgIpc) is 3.23. The van der Waals surface area contributed by atoms with Gasteiger partial charge in [-0.2, -0.15) is 16.3 Å². The second-order valence-electron chi connectivity index (χ2n) is 5.65. The Balaban J connectivity index is 1.91.